The van der Waals surface area contributed by atoms with E-state index in [1.807, 2.05) is 25.5 Å². The molecule has 5 nitrogen and oxygen atoms in total. The van der Waals surface area contributed by atoms with Crippen LogP contribution in [0.3, 0.4) is 0 Å². The summed E-state index contributed by atoms with van der Waals surface area (Å²) in [5, 5.41) is 22.0. The zero-order valence-corrected chi connectivity index (χ0v) is 11.8. The van der Waals surface area contributed by atoms with E-state index >= 15 is 0 Å². The number of thioether (sulfide) groups is 1. The second kappa shape index (κ2) is 6.37. The Labute approximate surface area is 107 Å². The Balaban J connectivity index is 2.53. The molecule has 0 fully saturated rings. The molecule has 2 unspecified atom stereocenters. The van der Waals surface area contributed by atoms with Gasteiger partial charge in [0.05, 0.1) is 6.61 Å². The minimum atomic E-state index is -0.222. The third kappa shape index (κ3) is 4.29. The molecule has 0 amide bonds. The Bertz CT molecular complexity index is 344. The summed E-state index contributed by atoms with van der Waals surface area (Å²) in [5.41, 5.74) is -0.222. The molecule has 17 heavy (non-hydrogen) atoms. The molecule has 0 aliphatic heterocycles. The van der Waals surface area contributed by atoms with Gasteiger partial charge in [0.25, 0.3) is 0 Å². The number of nitrogens with zero attached hydrogens (tertiary/aromatic N) is 3. The molecule has 0 aliphatic carbocycles. The van der Waals surface area contributed by atoms with E-state index in [-0.39, 0.29) is 12.1 Å². The highest BCUT2D eigenvalue weighted by Crippen LogP contribution is 2.26. The molecule has 6 heteroatoms. The molecular weight excluding hydrogens is 236 g/mol. The molecule has 98 valence electrons. The second-order valence-corrected chi connectivity index (χ2v) is 6.01. The fraction of sp³-hybridized carbons (Fsp3) is 0.818. The summed E-state index contributed by atoms with van der Waals surface area (Å²) < 4.78 is 1.91. The van der Waals surface area contributed by atoms with E-state index in [0.717, 1.165) is 18.1 Å². The highest BCUT2D eigenvalue weighted by atomic mass is 32.2. The summed E-state index contributed by atoms with van der Waals surface area (Å²) in [4.78, 5) is 0. The third-order valence-corrected chi connectivity index (χ3v) is 3.82. The van der Waals surface area contributed by atoms with Gasteiger partial charge in [0.15, 0.2) is 5.16 Å². The molecule has 2 atom stereocenters. The molecule has 1 aromatic heterocycles. The molecule has 1 rings (SSSR count). The first-order valence-corrected chi connectivity index (χ1v) is 6.75. The van der Waals surface area contributed by atoms with Crippen molar-refractivity contribution in [1.29, 1.82) is 0 Å². The van der Waals surface area contributed by atoms with Crippen LogP contribution in [0, 0.1) is 0 Å². The van der Waals surface area contributed by atoms with Crippen molar-refractivity contribution in [3.63, 3.8) is 0 Å². The SMILES string of the molecule is CCNC(C)(CO)CC(C)Sc1nncn1C. The van der Waals surface area contributed by atoms with Crippen LogP contribution >= 0.6 is 11.8 Å². The minimum absolute atomic E-state index is 0.143. The number of aliphatic hydroxyl groups excluding tert-OH is 1. The normalized spacial score (nSPS) is 16.8. The molecule has 0 aliphatic rings. The van der Waals surface area contributed by atoms with Crippen molar-refractivity contribution in [2.75, 3.05) is 13.2 Å². The van der Waals surface area contributed by atoms with Crippen LogP contribution in [0.1, 0.15) is 27.2 Å². The van der Waals surface area contributed by atoms with Crippen molar-refractivity contribution in [3.05, 3.63) is 6.33 Å². The van der Waals surface area contributed by atoms with Gasteiger partial charge in [0, 0.05) is 17.8 Å². The predicted molar refractivity (Wildman–Crippen MR) is 70.1 cm³/mol. The average molecular weight is 258 g/mol. The molecule has 0 bridgehead atoms. The summed E-state index contributed by atoms with van der Waals surface area (Å²) in [5.74, 6) is 0. The van der Waals surface area contributed by atoms with Crippen molar-refractivity contribution in [1.82, 2.24) is 20.1 Å². The summed E-state index contributed by atoms with van der Waals surface area (Å²) in [7, 11) is 1.94. The standard InChI is InChI=1S/C11H22N4OS/c1-5-12-11(3,7-16)6-9(2)17-10-14-13-8-15(10)4/h8-9,12,16H,5-7H2,1-4H3. The van der Waals surface area contributed by atoms with E-state index in [9.17, 15) is 5.11 Å². The Hall–Kier alpha value is -0.590. The summed E-state index contributed by atoms with van der Waals surface area (Å²) >= 11 is 1.68. The molecular formula is C11H22N4OS. The quantitative estimate of drug-likeness (QED) is 0.716. The van der Waals surface area contributed by atoms with Crippen molar-refractivity contribution in [2.45, 2.75) is 43.1 Å². The predicted octanol–water partition coefficient (Wildman–Crippen LogP) is 1.05. The zero-order valence-electron chi connectivity index (χ0n) is 11.0. The Morgan fingerprint density at radius 2 is 2.35 bits per heavy atom. The first-order valence-electron chi connectivity index (χ1n) is 5.87. The summed E-state index contributed by atoms with van der Waals surface area (Å²) in [6.07, 6.45) is 2.58. The van der Waals surface area contributed by atoms with E-state index in [1.165, 1.54) is 0 Å². The molecule has 0 aromatic carbocycles. The Morgan fingerprint density at radius 3 is 2.82 bits per heavy atom. The number of hydrogen-bond donors (Lipinski definition) is 2. The van der Waals surface area contributed by atoms with Gasteiger partial charge in [-0.25, -0.2) is 0 Å². The molecule has 2 N–H and O–H groups in total. The van der Waals surface area contributed by atoms with E-state index in [4.69, 9.17) is 0 Å². The van der Waals surface area contributed by atoms with E-state index in [1.54, 1.807) is 18.1 Å². The van der Waals surface area contributed by atoms with Crippen LogP contribution in [-0.4, -0.2) is 43.8 Å². The Morgan fingerprint density at radius 1 is 1.65 bits per heavy atom. The van der Waals surface area contributed by atoms with Gasteiger partial charge in [0.1, 0.15) is 6.33 Å². The third-order valence-electron chi connectivity index (χ3n) is 2.67. The minimum Gasteiger partial charge on any atom is -0.394 e. The average Bonchev–Trinajstić information content (AvgIpc) is 2.64. The highest BCUT2D eigenvalue weighted by molar-refractivity contribution is 7.99. The van der Waals surface area contributed by atoms with Crippen LogP contribution in [-0.2, 0) is 7.05 Å². The number of aliphatic hydroxyl groups is 1. The fourth-order valence-electron chi connectivity index (χ4n) is 1.85. The first-order chi connectivity index (χ1) is 8.00. The summed E-state index contributed by atoms with van der Waals surface area (Å²) in [6.45, 7) is 7.24. The monoisotopic (exact) mass is 258 g/mol. The molecule has 0 radical (unpaired) electrons. The maximum Gasteiger partial charge on any atom is 0.190 e. The van der Waals surface area contributed by atoms with E-state index in [2.05, 4.69) is 22.4 Å². The molecule has 1 aromatic rings. The van der Waals surface area contributed by atoms with Crippen LogP contribution in [0.25, 0.3) is 0 Å². The van der Waals surface area contributed by atoms with Gasteiger partial charge in [0.2, 0.25) is 0 Å². The second-order valence-electron chi connectivity index (χ2n) is 4.61. The zero-order chi connectivity index (χ0) is 12.9. The van der Waals surface area contributed by atoms with Gasteiger partial charge in [-0.15, -0.1) is 10.2 Å². The number of hydrogen-bond acceptors (Lipinski definition) is 5. The maximum absolute atomic E-state index is 9.44. The largest absolute Gasteiger partial charge is 0.394 e. The number of rotatable bonds is 7. The molecule has 0 spiro atoms. The van der Waals surface area contributed by atoms with Gasteiger partial charge in [-0.1, -0.05) is 25.6 Å². The van der Waals surface area contributed by atoms with Crippen LogP contribution in [0.15, 0.2) is 11.5 Å². The first kappa shape index (κ1) is 14.5. The van der Waals surface area contributed by atoms with Crippen molar-refractivity contribution < 1.29 is 5.11 Å². The van der Waals surface area contributed by atoms with Gasteiger partial charge in [-0.05, 0) is 19.9 Å². The molecule has 1 heterocycles. The van der Waals surface area contributed by atoms with Crippen molar-refractivity contribution >= 4 is 11.8 Å². The lowest BCUT2D eigenvalue weighted by atomic mass is 9.97. The number of nitrogens with one attached hydrogen (secondary N) is 1. The number of aryl methyl sites for hydroxylation is 1. The smallest absolute Gasteiger partial charge is 0.190 e. The van der Waals surface area contributed by atoms with E-state index in [0.29, 0.717) is 5.25 Å². The maximum atomic E-state index is 9.44. The van der Waals surface area contributed by atoms with Crippen LogP contribution in [0.5, 0.6) is 0 Å². The van der Waals surface area contributed by atoms with Crippen LogP contribution < -0.4 is 5.32 Å². The molecule has 0 saturated carbocycles. The van der Waals surface area contributed by atoms with Gasteiger partial charge >= 0.3 is 0 Å². The Kier molecular flexibility index (Phi) is 5.42. The van der Waals surface area contributed by atoms with Gasteiger partial charge in [-0.3, -0.25) is 0 Å². The van der Waals surface area contributed by atoms with Crippen molar-refractivity contribution in [2.24, 2.45) is 7.05 Å². The lowest BCUT2D eigenvalue weighted by Crippen LogP contribution is -2.47. The summed E-state index contributed by atoms with van der Waals surface area (Å²) in [6, 6.07) is 0. The topological polar surface area (TPSA) is 63.0 Å². The molecule has 0 saturated heterocycles. The van der Waals surface area contributed by atoms with Crippen LogP contribution in [0.2, 0.25) is 0 Å². The number of aromatic nitrogens is 3. The van der Waals surface area contributed by atoms with E-state index < -0.39 is 0 Å². The van der Waals surface area contributed by atoms with Crippen molar-refractivity contribution in [3.8, 4) is 0 Å². The fourth-order valence-corrected chi connectivity index (χ4v) is 2.97. The lowest BCUT2D eigenvalue weighted by Gasteiger charge is -2.30. The number of likely N-dealkylation sites (N-methyl/N-ethyl adjacent to an activating group) is 1. The van der Waals surface area contributed by atoms with Gasteiger partial charge < -0.3 is 15.0 Å². The van der Waals surface area contributed by atoms with Gasteiger partial charge in [-0.2, -0.15) is 0 Å². The van der Waals surface area contributed by atoms with Crippen LogP contribution in [0.4, 0.5) is 0 Å². The highest BCUT2D eigenvalue weighted by Gasteiger charge is 2.25. The lowest BCUT2D eigenvalue weighted by molar-refractivity contribution is 0.168.